The van der Waals surface area contributed by atoms with E-state index in [1.807, 2.05) is 64.2 Å². The van der Waals surface area contributed by atoms with Gasteiger partial charge in [0.15, 0.2) is 0 Å². The molecule has 0 spiro atoms. The number of amidine groups is 1. The first-order valence-electron chi connectivity index (χ1n) is 11.1. The average Bonchev–Trinajstić information content (AvgIpc) is 3.26. The van der Waals surface area contributed by atoms with Gasteiger partial charge in [0.1, 0.15) is 35.5 Å². The van der Waals surface area contributed by atoms with Crippen molar-refractivity contribution < 1.29 is 9.53 Å². The van der Waals surface area contributed by atoms with Crippen LogP contribution in [0.1, 0.15) is 24.4 Å². The molecule has 8 nitrogen and oxygen atoms in total. The third kappa shape index (κ3) is 4.07. The molecule has 0 aliphatic carbocycles. The van der Waals surface area contributed by atoms with E-state index in [0.29, 0.717) is 19.0 Å². The molecular formula is C25H26N6O2. The number of hydrogen-bond donors (Lipinski definition) is 2. The van der Waals surface area contributed by atoms with E-state index in [4.69, 9.17) is 15.6 Å². The normalized spacial score (nSPS) is 17.5. The summed E-state index contributed by atoms with van der Waals surface area (Å²) < 4.78 is 7.89. The van der Waals surface area contributed by atoms with Gasteiger partial charge in [-0.15, -0.1) is 0 Å². The first-order valence-corrected chi connectivity index (χ1v) is 11.1. The Bertz CT molecular complexity index is 1200. The summed E-state index contributed by atoms with van der Waals surface area (Å²) in [5.74, 6) is 2.78. The number of piperidine rings is 1. The lowest BCUT2D eigenvalue weighted by Gasteiger charge is -2.33. The van der Waals surface area contributed by atoms with Crippen LogP contribution in [0.4, 0.5) is 5.82 Å². The number of carbonyl (C=O) groups excluding carboxylic acids is 1. The van der Waals surface area contributed by atoms with Crippen molar-refractivity contribution in [1.29, 1.82) is 0 Å². The number of hydrogen-bond acceptors (Lipinski definition) is 6. The lowest BCUT2D eigenvalue weighted by Crippen LogP contribution is -2.40. The lowest BCUT2D eigenvalue weighted by molar-refractivity contribution is -0.127. The maximum Gasteiger partial charge on any atom is 0.246 e. The zero-order chi connectivity index (χ0) is 22.8. The van der Waals surface area contributed by atoms with Gasteiger partial charge >= 0.3 is 0 Å². The van der Waals surface area contributed by atoms with Gasteiger partial charge in [0.05, 0.1) is 11.6 Å². The van der Waals surface area contributed by atoms with Gasteiger partial charge in [-0.25, -0.2) is 9.67 Å². The molecule has 3 N–H and O–H groups in total. The van der Waals surface area contributed by atoms with E-state index < -0.39 is 0 Å². The Hall–Kier alpha value is -4.07. The number of fused-ring (bicyclic) bond motifs is 1. The monoisotopic (exact) mass is 442 g/mol. The number of nitrogens with zero attached hydrogens (tertiary/aromatic N) is 4. The Kier molecular flexibility index (Phi) is 5.56. The first-order chi connectivity index (χ1) is 16.1. The van der Waals surface area contributed by atoms with Crippen LogP contribution in [0.5, 0.6) is 11.5 Å². The number of nitrogens with one attached hydrogen (secondary N) is 1. The molecule has 2 aliphatic heterocycles. The Balaban J connectivity index is 1.47. The van der Waals surface area contributed by atoms with Crippen LogP contribution in [0.25, 0.3) is 11.3 Å². The van der Waals surface area contributed by atoms with Crippen molar-refractivity contribution in [2.45, 2.75) is 18.9 Å². The van der Waals surface area contributed by atoms with E-state index in [1.54, 1.807) is 0 Å². The quantitative estimate of drug-likeness (QED) is 0.586. The zero-order valence-corrected chi connectivity index (χ0v) is 18.3. The van der Waals surface area contributed by atoms with Crippen LogP contribution in [0, 0.1) is 0 Å². The second-order valence-corrected chi connectivity index (χ2v) is 8.12. The van der Waals surface area contributed by atoms with Crippen molar-refractivity contribution in [3.05, 3.63) is 72.8 Å². The van der Waals surface area contributed by atoms with Crippen LogP contribution < -0.4 is 15.8 Å². The molecule has 2 aromatic carbocycles. The molecule has 3 heterocycles. The smallest absolute Gasteiger partial charge is 0.246 e. The molecule has 1 aromatic heterocycles. The van der Waals surface area contributed by atoms with Crippen LogP contribution >= 0.6 is 0 Å². The maximum atomic E-state index is 12.2. The molecule has 2 aliphatic rings. The molecule has 168 valence electrons. The molecule has 0 unspecified atom stereocenters. The molecule has 33 heavy (non-hydrogen) atoms. The predicted octanol–water partition coefficient (Wildman–Crippen LogP) is 3.78. The van der Waals surface area contributed by atoms with Crippen molar-refractivity contribution in [2.75, 3.05) is 25.1 Å². The van der Waals surface area contributed by atoms with E-state index in [-0.39, 0.29) is 11.9 Å². The summed E-state index contributed by atoms with van der Waals surface area (Å²) in [6.07, 6.45) is 3.20. The highest BCUT2D eigenvalue weighted by atomic mass is 16.5. The zero-order valence-electron chi connectivity index (χ0n) is 18.3. The second kappa shape index (κ2) is 8.82. The summed E-state index contributed by atoms with van der Waals surface area (Å²) in [6, 6.07) is 17.5. The fourth-order valence-electron chi connectivity index (χ4n) is 4.38. The largest absolute Gasteiger partial charge is 0.457 e. The van der Waals surface area contributed by atoms with E-state index in [9.17, 15) is 4.79 Å². The molecule has 1 fully saturated rings. The maximum absolute atomic E-state index is 12.2. The minimum Gasteiger partial charge on any atom is -0.457 e. The second-order valence-electron chi connectivity index (χ2n) is 8.12. The highest BCUT2D eigenvalue weighted by molar-refractivity contribution is 6.08. The Morgan fingerprint density at radius 2 is 1.91 bits per heavy atom. The van der Waals surface area contributed by atoms with Crippen LogP contribution in [0.15, 0.2) is 72.2 Å². The number of benzene rings is 2. The lowest BCUT2D eigenvalue weighted by atomic mass is 10.0. The van der Waals surface area contributed by atoms with Crippen LogP contribution in [-0.2, 0) is 4.79 Å². The van der Waals surface area contributed by atoms with Crippen molar-refractivity contribution in [3.8, 4) is 22.8 Å². The molecule has 0 saturated carbocycles. The molecule has 1 saturated heterocycles. The fourth-order valence-corrected chi connectivity index (χ4v) is 4.38. The minimum absolute atomic E-state index is 0.0456. The minimum atomic E-state index is -0.0519. The van der Waals surface area contributed by atoms with Gasteiger partial charge in [-0.3, -0.25) is 4.79 Å². The molecule has 0 radical (unpaired) electrons. The standard InChI is InChI=1S/C25H26N6O2/c1-2-21(32)30-14-6-7-18(15-30)31-25-22(24(26)27-16-28-25)23(29-31)17-10-12-20(13-11-17)33-19-8-4-3-5-9-19/h2-5,8-13,18,28H,1,6-7,14-16H2,(H2,26,27)/t18-/m1/s1. The highest BCUT2D eigenvalue weighted by Gasteiger charge is 2.31. The number of rotatable bonds is 5. The van der Waals surface area contributed by atoms with Crippen molar-refractivity contribution in [1.82, 2.24) is 14.7 Å². The third-order valence-corrected chi connectivity index (χ3v) is 6.00. The van der Waals surface area contributed by atoms with Gasteiger partial charge in [0.25, 0.3) is 0 Å². The number of aromatic nitrogens is 2. The molecular weight excluding hydrogens is 416 g/mol. The number of likely N-dealkylation sites (tertiary alicyclic amines) is 1. The predicted molar refractivity (Wildman–Crippen MR) is 128 cm³/mol. The summed E-state index contributed by atoms with van der Waals surface area (Å²) in [4.78, 5) is 18.4. The Labute approximate surface area is 192 Å². The molecule has 1 atom stereocenters. The van der Waals surface area contributed by atoms with Gasteiger partial charge in [-0.1, -0.05) is 24.8 Å². The molecule has 0 bridgehead atoms. The summed E-state index contributed by atoms with van der Waals surface area (Å²) in [6.45, 7) is 5.34. The van der Waals surface area contributed by atoms with Gasteiger partial charge in [-0.2, -0.15) is 5.10 Å². The molecule has 8 heteroatoms. The van der Waals surface area contributed by atoms with Gasteiger partial charge in [0.2, 0.25) is 5.91 Å². The van der Waals surface area contributed by atoms with Crippen LogP contribution in [0.2, 0.25) is 0 Å². The van der Waals surface area contributed by atoms with Crippen molar-refractivity contribution in [3.63, 3.8) is 0 Å². The average molecular weight is 443 g/mol. The molecule has 3 aromatic rings. The highest BCUT2D eigenvalue weighted by Crippen LogP contribution is 2.35. The molecule has 5 rings (SSSR count). The number of nitrogens with two attached hydrogens (primary N) is 1. The van der Waals surface area contributed by atoms with Crippen LogP contribution in [-0.4, -0.2) is 46.2 Å². The van der Waals surface area contributed by atoms with Gasteiger partial charge < -0.3 is 20.7 Å². The fraction of sp³-hybridized carbons (Fsp3) is 0.240. The summed E-state index contributed by atoms with van der Waals surface area (Å²) in [5.41, 5.74) is 8.79. The van der Waals surface area contributed by atoms with E-state index in [2.05, 4.69) is 16.9 Å². The van der Waals surface area contributed by atoms with Gasteiger partial charge in [0, 0.05) is 18.7 Å². The van der Waals surface area contributed by atoms with Crippen molar-refractivity contribution in [2.24, 2.45) is 10.7 Å². The topological polar surface area (TPSA) is 97.8 Å². The SMILES string of the molecule is C=CC(=O)N1CCC[C@@H](n2nc(-c3ccc(Oc4ccccc4)cc3)c3c2NCN=C3N)C1. The van der Waals surface area contributed by atoms with E-state index in [1.165, 1.54) is 6.08 Å². The Morgan fingerprint density at radius 3 is 2.67 bits per heavy atom. The molecule has 1 amide bonds. The number of anilines is 1. The number of para-hydroxylation sites is 1. The van der Waals surface area contributed by atoms with Crippen molar-refractivity contribution >= 4 is 17.6 Å². The number of amides is 1. The van der Waals surface area contributed by atoms with E-state index >= 15 is 0 Å². The number of aliphatic imine (C=N–C) groups is 1. The number of carbonyl (C=O) groups is 1. The summed E-state index contributed by atoms with van der Waals surface area (Å²) in [5, 5.41) is 8.29. The van der Waals surface area contributed by atoms with E-state index in [0.717, 1.165) is 53.5 Å². The Morgan fingerprint density at radius 1 is 1.15 bits per heavy atom. The van der Waals surface area contributed by atoms with Crippen LogP contribution in [0.3, 0.4) is 0 Å². The van der Waals surface area contributed by atoms with Gasteiger partial charge in [-0.05, 0) is 55.3 Å². The first kappa shape index (κ1) is 20.8. The summed E-state index contributed by atoms with van der Waals surface area (Å²) in [7, 11) is 0. The third-order valence-electron chi connectivity index (χ3n) is 6.00. The summed E-state index contributed by atoms with van der Waals surface area (Å²) >= 11 is 0. The number of ether oxygens (including phenoxy) is 1.